The second-order valence-electron chi connectivity index (χ2n) is 4.88. The van der Waals surface area contributed by atoms with Gasteiger partial charge in [-0.3, -0.25) is 19.7 Å². The predicted molar refractivity (Wildman–Crippen MR) is 79.6 cm³/mol. The van der Waals surface area contributed by atoms with E-state index < -0.39 is 23.7 Å². The fourth-order valence-corrected chi connectivity index (χ4v) is 2.21. The Kier molecular flexibility index (Phi) is 3.38. The van der Waals surface area contributed by atoms with Crippen LogP contribution in [0.15, 0.2) is 42.5 Å². The lowest BCUT2D eigenvalue weighted by Crippen LogP contribution is -2.19. The Morgan fingerprint density at radius 1 is 0.870 bits per heavy atom. The first-order valence-electron chi connectivity index (χ1n) is 6.60. The van der Waals surface area contributed by atoms with Gasteiger partial charge in [-0.25, -0.2) is 4.79 Å². The quantitative estimate of drug-likeness (QED) is 0.744. The number of rotatable bonds is 3. The molecule has 0 fully saturated rings. The summed E-state index contributed by atoms with van der Waals surface area (Å²) in [6, 6.07) is 9.82. The highest BCUT2D eigenvalue weighted by Gasteiger charge is 2.26. The van der Waals surface area contributed by atoms with E-state index in [1.165, 1.54) is 42.5 Å². The first-order chi connectivity index (χ1) is 11.0. The van der Waals surface area contributed by atoms with Crippen LogP contribution in [0, 0.1) is 0 Å². The van der Waals surface area contributed by atoms with Gasteiger partial charge >= 0.3 is 5.97 Å². The van der Waals surface area contributed by atoms with Crippen molar-refractivity contribution in [2.24, 2.45) is 0 Å². The molecule has 1 aliphatic heterocycles. The molecule has 0 atom stereocenters. The van der Waals surface area contributed by atoms with Gasteiger partial charge in [-0.05, 0) is 42.5 Å². The first kappa shape index (κ1) is 14.5. The van der Waals surface area contributed by atoms with Crippen LogP contribution < -0.4 is 10.6 Å². The molecule has 0 aromatic heterocycles. The maximum Gasteiger partial charge on any atom is 0.335 e. The van der Waals surface area contributed by atoms with Crippen LogP contribution >= 0.6 is 0 Å². The number of aromatic carboxylic acids is 1. The Labute approximate surface area is 129 Å². The summed E-state index contributed by atoms with van der Waals surface area (Å²) in [5.74, 6) is -2.50. The van der Waals surface area contributed by atoms with Crippen LogP contribution in [0.2, 0.25) is 0 Å². The summed E-state index contributed by atoms with van der Waals surface area (Å²) in [5, 5.41) is 13.6. The zero-order chi connectivity index (χ0) is 16.6. The smallest absolute Gasteiger partial charge is 0.335 e. The van der Waals surface area contributed by atoms with Gasteiger partial charge in [-0.2, -0.15) is 0 Å². The van der Waals surface area contributed by atoms with Gasteiger partial charge in [0.25, 0.3) is 17.7 Å². The molecule has 0 spiro atoms. The number of benzene rings is 2. The van der Waals surface area contributed by atoms with Gasteiger partial charge < -0.3 is 10.4 Å². The zero-order valence-electron chi connectivity index (χ0n) is 11.6. The van der Waals surface area contributed by atoms with Crippen LogP contribution in [0.5, 0.6) is 0 Å². The van der Waals surface area contributed by atoms with Crippen molar-refractivity contribution in [1.82, 2.24) is 5.32 Å². The highest BCUT2D eigenvalue weighted by Crippen LogP contribution is 2.20. The van der Waals surface area contributed by atoms with E-state index in [9.17, 15) is 19.2 Å². The molecule has 0 saturated carbocycles. The second-order valence-corrected chi connectivity index (χ2v) is 4.88. The van der Waals surface area contributed by atoms with Crippen molar-refractivity contribution in [1.29, 1.82) is 0 Å². The third-order valence-electron chi connectivity index (χ3n) is 3.39. The normalized spacial score (nSPS) is 12.5. The number of amides is 3. The Bertz CT molecular complexity index is 855. The third kappa shape index (κ3) is 2.67. The van der Waals surface area contributed by atoms with Crippen molar-refractivity contribution < 1.29 is 24.3 Å². The van der Waals surface area contributed by atoms with Crippen LogP contribution in [0.4, 0.5) is 5.69 Å². The van der Waals surface area contributed by atoms with E-state index in [4.69, 9.17) is 5.11 Å². The number of anilines is 1. The SMILES string of the molecule is O=C(O)c1ccc(C(=O)Nc2ccc3c(c2)C(=O)NC3=O)cc1. The molecule has 3 rings (SSSR count). The second kappa shape index (κ2) is 5.38. The molecular weight excluding hydrogens is 300 g/mol. The molecule has 3 amide bonds. The van der Waals surface area contributed by atoms with E-state index in [1.54, 1.807) is 0 Å². The lowest BCUT2D eigenvalue weighted by atomic mass is 10.1. The number of hydrogen-bond acceptors (Lipinski definition) is 4. The van der Waals surface area contributed by atoms with Crippen LogP contribution in [-0.4, -0.2) is 28.8 Å². The number of carboxylic acid groups (broad SMARTS) is 1. The summed E-state index contributed by atoms with van der Waals surface area (Å²) < 4.78 is 0. The van der Waals surface area contributed by atoms with Crippen LogP contribution in [0.1, 0.15) is 41.4 Å². The number of nitrogens with one attached hydrogen (secondary N) is 2. The van der Waals surface area contributed by atoms with Crippen molar-refractivity contribution in [3.05, 3.63) is 64.7 Å². The highest BCUT2D eigenvalue weighted by molar-refractivity contribution is 6.22. The molecule has 7 nitrogen and oxygen atoms in total. The topological polar surface area (TPSA) is 113 Å². The molecule has 0 aliphatic carbocycles. The van der Waals surface area contributed by atoms with E-state index in [0.717, 1.165) is 0 Å². The molecule has 23 heavy (non-hydrogen) atoms. The summed E-state index contributed by atoms with van der Waals surface area (Å²) >= 11 is 0. The lowest BCUT2D eigenvalue weighted by Gasteiger charge is -2.06. The molecule has 0 bridgehead atoms. The number of carboxylic acids is 1. The average Bonchev–Trinajstić information content (AvgIpc) is 2.81. The fraction of sp³-hybridized carbons (Fsp3) is 0. The summed E-state index contributed by atoms with van der Waals surface area (Å²) in [6.45, 7) is 0. The number of imide groups is 1. The van der Waals surface area contributed by atoms with Gasteiger partial charge in [-0.1, -0.05) is 0 Å². The van der Waals surface area contributed by atoms with Crippen molar-refractivity contribution >= 4 is 29.4 Å². The average molecular weight is 310 g/mol. The zero-order valence-corrected chi connectivity index (χ0v) is 11.6. The summed E-state index contributed by atoms with van der Waals surface area (Å²) in [6.07, 6.45) is 0. The molecule has 0 saturated heterocycles. The number of carbonyl (C=O) groups is 4. The van der Waals surface area contributed by atoms with E-state index in [1.807, 2.05) is 0 Å². The molecule has 3 N–H and O–H groups in total. The van der Waals surface area contributed by atoms with Crippen molar-refractivity contribution in [3.8, 4) is 0 Å². The third-order valence-corrected chi connectivity index (χ3v) is 3.39. The van der Waals surface area contributed by atoms with Gasteiger partial charge in [0, 0.05) is 11.3 Å². The van der Waals surface area contributed by atoms with Crippen LogP contribution in [-0.2, 0) is 0 Å². The largest absolute Gasteiger partial charge is 0.478 e. The molecule has 0 radical (unpaired) electrons. The Morgan fingerprint density at radius 2 is 1.48 bits per heavy atom. The Balaban J connectivity index is 1.81. The van der Waals surface area contributed by atoms with Crippen molar-refractivity contribution in [3.63, 3.8) is 0 Å². The summed E-state index contributed by atoms with van der Waals surface area (Å²) in [7, 11) is 0. The monoisotopic (exact) mass is 310 g/mol. The minimum Gasteiger partial charge on any atom is -0.478 e. The van der Waals surface area contributed by atoms with Crippen LogP contribution in [0.3, 0.4) is 0 Å². The van der Waals surface area contributed by atoms with E-state index in [0.29, 0.717) is 5.69 Å². The maximum absolute atomic E-state index is 12.1. The standard InChI is InChI=1S/C16H10N2O5/c19-13(8-1-3-9(4-2-8)16(22)23)17-10-5-6-11-12(7-10)15(21)18-14(11)20/h1-7H,(H,17,19)(H,22,23)(H,18,20,21). The number of fused-ring (bicyclic) bond motifs is 1. The van der Waals surface area contributed by atoms with Gasteiger partial charge in [-0.15, -0.1) is 0 Å². The Morgan fingerprint density at radius 3 is 2.13 bits per heavy atom. The minimum absolute atomic E-state index is 0.0780. The molecular formula is C16H10N2O5. The first-order valence-corrected chi connectivity index (χ1v) is 6.60. The van der Waals surface area contributed by atoms with E-state index in [2.05, 4.69) is 10.6 Å². The van der Waals surface area contributed by atoms with E-state index >= 15 is 0 Å². The molecule has 1 heterocycles. The maximum atomic E-state index is 12.1. The highest BCUT2D eigenvalue weighted by atomic mass is 16.4. The van der Waals surface area contributed by atoms with Crippen LogP contribution in [0.25, 0.3) is 0 Å². The van der Waals surface area contributed by atoms with Crippen molar-refractivity contribution in [2.45, 2.75) is 0 Å². The summed E-state index contributed by atoms with van der Waals surface area (Å²) in [5.41, 5.74) is 1.18. The molecule has 7 heteroatoms. The van der Waals surface area contributed by atoms with Gasteiger partial charge in [0.05, 0.1) is 16.7 Å². The summed E-state index contributed by atoms with van der Waals surface area (Å²) in [4.78, 5) is 45.9. The molecule has 2 aromatic carbocycles. The Hall–Kier alpha value is -3.48. The van der Waals surface area contributed by atoms with Gasteiger partial charge in [0.2, 0.25) is 0 Å². The fourth-order valence-electron chi connectivity index (χ4n) is 2.21. The molecule has 114 valence electrons. The number of hydrogen-bond donors (Lipinski definition) is 3. The van der Waals surface area contributed by atoms with E-state index in [-0.39, 0.29) is 22.3 Å². The van der Waals surface area contributed by atoms with Gasteiger partial charge in [0.1, 0.15) is 0 Å². The molecule has 0 unspecified atom stereocenters. The lowest BCUT2D eigenvalue weighted by molar-refractivity contribution is 0.0695. The molecule has 1 aliphatic rings. The predicted octanol–water partition coefficient (Wildman–Crippen LogP) is 1.52. The minimum atomic E-state index is -1.08. The number of carbonyl (C=O) groups excluding carboxylic acids is 3. The van der Waals surface area contributed by atoms with Crippen molar-refractivity contribution in [2.75, 3.05) is 5.32 Å². The van der Waals surface area contributed by atoms with Gasteiger partial charge in [0.15, 0.2) is 0 Å². The molecule has 2 aromatic rings.